The third-order valence-corrected chi connectivity index (χ3v) is 4.34. The van der Waals surface area contributed by atoms with Gasteiger partial charge >= 0.3 is 0 Å². The molecule has 1 saturated heterocycles. The number of anilines is 1. The van der Waals surface area contributed by atoms with Crippen LogP contribution in [0.5, 0.6) is 0 Å². The van der Waals surface area contributed by atoms with Crippen LogP contribution in [0.2, 0.25) is 0 Å². The van der Waals surface area contributed by atoms with Crippen molar-refractivity contribution < 1.29 is 14.3 Å². The van der Waals surface area contributed by atoms with Crippen LogP contribution < -0.4 is 5.32 Å². The van der Waals surface area contributed by atoms with E-state index in [0.717, 1.165) is 11.3 Å². The van der Waals surface area contributed by atoms with Crippen LogP contribution in [0.1, 0.15) is 53.2 Å². The largest absolute Gasteiger partial charge is 0.367 e. The maximum absolute atomic E-state index is 11.1. The fraction of sp³-hybridized carbons (Fsp3) is 0.588. The molecule has 0 saturated carbocycles. The van der Waals surface area contributed by atoms with Crippen molar-refractivity contribution in [2.75, 3.05) is 5.32 Å². The van der Waals surface area contributed by atoms with Crippen molar-refractivity contribution >= 4 is 11.6 Å². The third-order valence-electron chi connectivity index (χ3n) is 4.34. The van der Waals surface area contributed by atoms with Gasteiger partial charge in [0.15, 0.2) is 0 Å². The zero-order chi connectivity index (χ0) is 15.8. The van der Waals surface area contributed by atoms with E-state index in [-0.39, 0.29) is 29.3 Å². The second kappa shape index (κ2) is 5.43. The zero-order valence-electron chi connectivity index (χ0n) is 13.7. The highest BCUT2D eigenvalue weighted by molar-refractivity contribution is 5.88. The van der Waals surface area contributed by atoms with Crippen LogP contribution in [0.25, 0.3) is 0 Å². The molecule has 4 nitrogen and oxygen atoms in total. The first-order valence-electron chi connectivity index (χ1n) is 7.35. The van der Waals surface area contributed by atoms with E-state index in [1.54, 1.807) is 0 Å². The van der Waals surface area contributed by atoms with Crippen LogP contribution in [0.3, 0.4) is 0 Å². The molecule has 0 spiro atoms. The lowest BCUT2D eigenvalue weighted by Gasteiger charge is -2.51. The van der Waals surface area contributed by atoms with Crippen molar-refractivity contribution in [2.45, 2.75) is 65.0 Å². The van der Waals surface area contributed by atoms with Crippen molar-refractivity contribution in [1.29, 1.82) is 0 Å². The van der Waals surface area contributed by atoms with Crippen molar-refractivity contribution in [1.82, 2.24) is 0 Å². The number of rotatable bonds is 2. The highest BCUT2D eigenvalue weighted by Crippen LogP contribution is 2.43. The molecule has 0 bridgehead atoms. The molecule has 4 heteroatoms. The second-order valence-electron chi connectivity index (χ2n) is 6.69. The number of ether oxygens (including phenoxy) is 2. The normalized spacial score (nSPS) is 27.1. The van der Waals surface area contributed by atoms with Crippen LogP contribution in [0.15, 0.2) is 24.3 Å². The highest BCUT2D eigenvalue weighted by Gasteiger charge is 2.48. The summed E-state index contributed by atoms with van der Waals surface area (Å²) in [5.74, 6) is -0.0729. The Morgan fingerprint density at radius 3 is 2.10 bits per heavy atom. The summed E-state index contributed by atoms with van der Waals surface area (Å²) < 4.78 is 12.5. The lowest BCUT2D eigenvalue weighted by molar-refractivity contribution is -0.293. The first-order valence-corrected chi connectivity index (χ1v) is 7.35. The molecule has 2 atom stereocenters. The van der Waals surface area contributed by atoms with E-state index >= 15 is 0 Å². The molecule has 1 fully saturated rings. The summed E-state index contributed by atoms with van der Waals surface area (Å²) in [6, 6.07) is 7.73. The smallest absolute Gasteiger partial charge is 0.221 e. The van der Waals surface area contributed by atoms with E-state index in [0.29, 0.717) is 0 Å². The maximum Gasteiger partial charge on any atom is 0.221 e. The van der Waals surface area contributed by atoms with Gasteiger partial charge in [-0.15, -0.1) is 0 Å². The van der Waals surface area contributed by atoms with E-state index in [4.69, 9.17) is 9.47 Å². The molecule has 1 amide bonds. The molecule has 2 rings (SSSR count). The molecule has 2 unspecified atom stereocenters. The minimum absolute atomic E-state index is 0.0281. The van der Waals surface area contributed by atoms with Gasteiger partial charge in [-0.1, -0.05) is 12.1 Å². The van der Waals surface area contributed by atoms with Crippen LogP contribution in [-0.2, 0) is 14.3 Å². The van der Waals surface area contributed by atoms with E-state index in [1.165, 1.54) is 6.92 Å². The zero-order valence-corrected chi connectivity index (χ0v) is 13.7. The molecule has 1 aliphatic rings. The van der Waals surface area contributed by atoms with E-state index in [1.807, 2.05) is 31.2 Å². The monoisotopic (exact) mass is 291 g/mol. The van der Waals surface area contributed by atoms with Gasteiger partial charge < -0.3 is 14.8 Å². The van der Waals surface area contributed by atoms with Gasteiger partial charge in [-0.25, -0.2) is 0 Å². The molecule has 21 heavy (non-hydrogen) atoms. The molecule has 1 heterocycles. The number of carbonyl (C=O) groups is 1. The Hall–Kier alpha value is -1.39. The Labute approximate surface area is 126 Å². The third kappa shape index (κ3) is 3.27. The summed E-state index contributed by atoms with van der Waals surface area (Å²) in [5.41, 5.74) is 1.13. The summed E-state index contributed by atoms with van der Waals surface area (Å²) in [4.78, 5) is 11.1. The Bertz CT molecular complexity index is 519. The lowest BCUT2D eigenvalue weighted by atomic mass is 9.85. The van der Waals surface area contributed by atoms with Gasteiger partial charge in [0.2, 0.25) is 5.91 Å². The maximum atomic E-state index is 11.1. The Morgan fingerprint density at radius 1 is 1.05 bits per heavy atom. The predicted octanol–water partition coefficient (Wildman–Crippen LogP) is 3.68. The summed E-state index contributed by atoms with van der Waals surface area (Å²) in [6.07, 6.45) is -0.140. The second-order valence-corrected chi connectivity index (χ2v) is 6.69. The van der Waals surface area contributed by atoms with Gasteiger partial charge in [-0.3, -0.25) is 4.79 Å². The summed E-state index contributed by atoms with van der Waals surface area (Å²) >= 11 is 0. The Kier molecular flexibility index (Phi) is 4.13. The molecule has 0 aliphatic carbocycles. The highest BCUT2D eigenvalue weighted by atomic mass is 16.6. The fourth-order valence-electron chi connectivity index (χ4n) is 2.52. The SMILES string of the molecule is CC(=O)Nc1ccc(C2OC(C)(C)C(C)(C)OC2C)cc1. The van der Waals surface area contributed by atoms with Crippen LogP contribution in [0, 0.1) is 0 Å². The predicted molar refractivity (Wildman–Crippen MR) is 83.3 cm³/mol. The van der Waals surface area contributed by atoms with E-state index in [2.05, 4.69) is 33.0 Å². The quantitative estimate of drug-likeness (QED) is 0.904. The number of carbonyl (C=O) groups excluding carboxylic acids is 1. The van der Waals surface area contributed by atoms with Crippen LogP contribution in [0.4, 0.5) is 5.69 Å². The number of benzene rings is 1. The molecule has 116 valence electrons. The van der Waals surface area contributed by atoms with Gasteiger partial charge in [0.05, 0.1) is 17.3 Å². The minimum Gasteiger partial charge on any atom is -0.367 e. The Morgan fingerprint density at radius 2 is 1.57 bits per heavy atom. The molecule has 0 radical (unpaired) electrons. The molecular formula is C17H25NO3. The first kappa shape index (κ1) is 16.0. The van der Waals surface area contributed by atoms with Gasteiger partial charge in [0, 0.05) is 12.6 Å². The van der Waals surface area contributed by atoms with Crippen LogP contribution >= 0.6 is 0 Å². The van der Waals surface area contributed by atoms with Crippen LogP contribution in [-0.4, -0.2) is 23.2 Å². The van der Waals surface area contributed by atoms with Gasteiger partial charge in [-0.2, -0.15) is 0 Å². The fourth-order valence-corrected chi connectivity index (χ4v) is 2.52. The molecule has 1 N–H and O–H groups in total. The summed E-state index contributed by atoms with van der Waals surface area (Å²) in [7, 11) is 0. The molecular weight excluding hydrogens is 266 g/mol. The molecule has 1 aromatic carbocycles. The lowest BCUT2D eigenvalue weighted by Crippen LogP contribution is -2.57. The minimum atomic E-state index is -0.375. The Balaban J connectivity index is 2.20. The summed E-state index contributed by atoms with van der Waals surface area (Å²) in [6.45, 7) is 11.7. The average molecular weight is 291 g/mol. The van der Waals surface area contributed by atoms with Crippen molar-refractivity contribution in [3.8, 4) is 0 Å². The molecule has 0 aromatic heterocycles. The van der Waals surface area contributed by atoms with Gasteiger partial charge in [0.1, 0.15) is 6.10 Å². The first-order chi connectivity index (χ1) is 9.62. The number of hydrogen-bond donors (Lipinski definition) is 1. The average Bonchev–Trinajstić information content (AvgIpc) is 2.34. The van der Waals surface area contributed by atoms with Crippen molar-refractivity contribution in [2.24, 2.45) is 0 Å². The van der Waals surface area contributed by atoms with E-state index < -0.39 is 0 Å². The molecule has 1 aliphatic heterocycles. The number of nitrogens with one attached hydrogen (secondary N) is 1. The van der Waals surface area contributed by atoms with Gasteiger partial charge in [0.25, 0.3) is 0 Å². The van der Waals surface area contributed by atoms with E-state index in [9.17, 15) is 4.79 Å². The number of hydrogen-bond acceptors (Lipinski definition) is 3. The topological polar surface area (TPSA) is 47.6 Å². The van der Waals surface area contributed by atoms with Gasteiger partial charge in [-0.05, 0) is 52.3 Å². The number of amides is 1. The van der Waals surface area contributed by atoms with Crippen molar-refractivity contribution in [3.05, 3.63) is 29.8 Å². The van der Waals surface area contributed by atoms with Crippen molar-refractivity contribution in [3.63, 3.8) is 0 Å². The standard InChI is InChI=1S/C17H25NO3/c1-11-15(21-17(5,6)16(3,4)20-11)13-7-9-14(10-8-13)18-12(2)19/h7-11,15H,1-6H3,(H,18,19). The summed E-state index contributed by atoms with van der Waals surface area (Å²) in [5, 5.41) is 2.76. The molecule has 1 aromatic rings.